The van der Waals surface area contributed by atoms with E-state index in [1.807, 2.05) is 6.92 Å². The largest absolute Gasteiger partial charge is 0.493 e. The molecule has 0 saturated heterocycles. The number of hydrogen-bond donors (Lipinski definition) is 1. The van der Waals surface area contributed by atoms with Gasteiger partial charge in [0.1, 0.15) is 11.3 Å². The number of nitrogens with zero attached hydrogens (tertiary/aromatic N) is 1. The molecule has 1 fully saturated rings. The highest BCUT2D eigenvalue weighted by atomic mass is 16.5. The number of carbonyl (C=O) groups is 2. The highest BCUT2D eigenvalue weighted by Gasteiger charge is 2.30. The van der Waals surface area contributed by atoms with E-state index in [4.69, 9.17) is 15.2 Å². The van der Waals surface area contributed by atoms with Gasteiger partial charge in [0.05, 0.1) is 6.61 Å². The molecule has 21 heavy (non-hydrogen) atoms. The number of esters is 1. The molecule has 1 aromatic carbocycles. The maximum atomic E-state index is 12.1. The fourth-order valence-corrected chi connectivity index (χ4v) is 2.01. The molecule has 1 aromatic rings. The van der Waals surface area contributed by atoms with Crippen LogP contribution in [-0.2, 0) is 9.53 Å². The van der Waals surface area contributed by atoms with Crippen molar-refractivity contribution in [1.29, 1.82) is 0 Å². The third-order valence-corrected chi connectivity index (χ3v) is 3.38. The van der Waals surface area contributed by atoms with E-state index in [2.05, 4.69) is 0 Å². The predicted molar refractivity (Wildman–Crippen MR) is 78.1 cm³/mol. The second-order valence-electron chi connectivity index (χ2n) is 4.97. The Balaban J connectivity index is 2.01. The summed E-state index contributed by atoms with van der Waals surface area (Å²) in [5, 5.41) is 0. The molecule has 1 aliphatic carbocycles. The minimum atomic E-state index is -0.644. The van der Waals surface area contributed by atoms with Crippen molar-refractivity contribution >= 4 is 17.6 Å². The summed E-state index contributed by atoms with van der Waals surface area (Å²) >= 11 is 0. The molecule has 0 heterocycles. The number of anilines is 1. The van der Waals surface area contributed by atoms with Crippen molar-refractivity contribution < 1.29 is 19.1 Å². The van der Waals surface area contributed by atoms with Crippen molar-refractivity contribution in [2.45, 2.75) is 25.8 Å². The van der Waals surface area contributed by atoms with Crippen molar-refractivity contribution in [3.05, 3.63) is 23.8 Å². The van der Waals surface area contributed by atoms with Gasteiger partial charge in [-0.1, -0.05) is 6.07 Å². The van der Waals surface area contributed by atoms with Gasteiger partial charge in [-0.25, -0.2) is 4.79 Å². The topological polar surface area (TPSA) is 81.9 Å². The Labute approximate surface area is 123 Å². The molecule has 0 unspecified atom stereocenters. The number of hydrogen-bond acceptors (Lipinski definition) is 5. The smallest absolute Gasteiger partial charge is 0.344 e. The first kappa shape index (κ1) is 15.2. The van der Waals surface area contributed by atoms with Gasteiger partial charge in [-0.15, -0.1) is 0 Å². The third-order valence-electron chi connectivity index (χ3n) is 3.38. The summed E-state index contributed by atoms with van der Waals surface area (Å²) < 4.78 is 10.4. The maximum absolute atomic E-state index is 12.1. The summed E-state index contributed by atoms with van der Waals surface area (Å²) in [6.45, 7) is 1.94. The number of ether oxygens (including phenoxy) is 2. The van der Waals surface area contributed by atoms with Crippen molar-refractivity contribution in [3.63, 3.8) is 0 Å². The molecule has 1 saturated carbocycles. The van der Waals surface area contributed by atoms with Crippen molar-refractivity contribution in [1.82, 2.24) is 4.90 Å². The van der Waals surface area contributed by atoms with Gasteiger partial charge in [-0.05, 0) is 31.9 Å². The highest BCUT2D eigenvalue weighted by molar-refractivity contribution is 5.99. The first-order valence-electron chi connectivity index (χ1n) is 6.98. The quantitative estimate of drug-likeness (QED) is 0.634. The highest BCUT2D eigenvalue weighted by Crippen LogP contribution is 2.27. The van der Waals surface area contributed by atoms with Crippen LogP contribution in [0, 0.1) is 0 Å². The zero-order chi connectivity index (χ0) is 15.4. The van der Waals surface area contributed by atoms with Crippen LogP contribution in [0.1, 0.15) is 30.1 Å². The number of nitrogens with two attached hydrogens (primary N) is 1. The summed E-state index contributed by atoms with van der Waals surface area (Å²) in [7, 11) is 1.72. The van der Waals surface area contributed by atoms with Crippen LogP contribution in [0.2, 0.25) is 0 Å². The Morgan fingerprint density at radius 1 is 1.38 bits per heavy atom. The van der Waals surface area contributed by atoms with Crippen LogP contribution >= 0.6 is 0 Å². The van der Waals surface area contributed by atoms with Crippen LogP contribution in [0.15, 0.2) is 18.2 Å². The average molecular weight is 292 g/mol. The lowest BCUT2D eigenvalue weighted by Gasteiger charge is -2.16. The maximum Gasteiger partial charge on any atom is 0.344 e. The van der Waals surface area contributed by atoms with Gasteiger partial charge < -0.3 is 20.1 Å². The fraction of sp³-hybridized carbons (Fsp3) is 0.467. The Morgan fingerprint density at radius 2 is 2.10 bits per heavy atom. The van der Waals surface area contributed by atoms with Crippen LogP contribution in [-0.4, -0.2) is 43.1 Å². The van der Waals surface area contributed by atoms with Gasteiger partial charge in [-0.2, -0.15) is 0 Å². The summed E-state index contributed by atoms with van der Waals surface area (Å²) in [5.41, 5.74) is 6.24. The number of rotatable bonds is 6. The molecule has 6 heteroatoms. The molecule has 6 nitrogen and oxygen atoms in total. The molecule has 0 aromatic heterocycles. The van der Waals surface area contributed by atoms with E-state index in [-0.39, 0.29) is 29.8 Å². The molecule has 1 aliphatic rings. The average Bonchev–Trinajstić information content (AvgIpc) is 3.28. The van der Waals surface area contributed by atoms with E-state index in [0.717, 1.165) is 12.8 Å². The number of nitrogen functional groups attached to an aromatic ring is 1. The predicted octanol–water partition coefficient (Wildman–Crippen LogP) is 1.45. The Morgan fingerprint density at radius 3 is 2.71 bits per heavy atom. The zero-order valence-corrected chi connectivity index (χ0v) is 12.3. The monoisotopic (exact) mass is 292 g/mol. The molecular formula is C15H20N2O4. The Bertz CT molecular complexity index is 540. The molecule has 2 rings (SSSR count). The van der Waals surface area contributed by atoms with Crippen molar-refractivity contribution in [3.8, 4) is 5.75 Å². The number of amides is 1. The van der Waals surface area contributed by atoms with Gasteiger partial charge in [0, 0.05) is 18.8 Å². The molecule has 2 N–H and O–H groups in total. The summed E-state index contributed by atoms with van der Waals surface area (Å²) in [5.74, 6) is -0.488. The number of benzene rings is 1. The van der Waals surface area contributed by atoms with E-state index in [1.54, 1.807) is 30.1 Å². The lowest BCUT2D eigenvalue weighted by atomic mass is 10.1. The van der Waals surface area contributed by atoms with Gasteiger partial charge in [0.15, 0.2) is 6.61 Å². The van der Waals surface area contributed by atoms with Crippen LogP contribution in [0.25, 0.3) is 0 Å². The molecule has 0 aliphatic heterocycles. The van der Waals surface area contributed by atoms with Crippen LogP contribution in [0.5, 0.6) is 5.75 Å². The van der Waals surface area contributed by atoms with Gasteiger partial charge in [-0.3, -0.25) is 4.79 Å². The first-order chi connectivity index (χ1) is 10.0. The normalized spacial score (nSPS) is 13.6. The van der Waals surface area contributed by atoms with Gasteiger partial charge in [0.2, 0.25) is 0 Å². The third kappa shape index (κ3) is 3.65. The summed E-state index contributed by atoms with van der Waals surface area (Å²) in [6, 6.07) is 5.23. The van der Waals surface area contributed by atoms with E-state index < -0.39 is 5.97 Å². The zero-order valence-electron chi connectivity index (χ0n) is 12.3. The molecule has 0 spiro atoms. The number of carbonyl (C=O) groups excluding carboxylic acids is 2. The van der Waals surface area contributed by atoms with Gasteiger partial charge >= 0.3 is 5.97 Å². The first-order valence-corrected chi connectivity index (χ1v) is 6.98. The lowest BCUT2D eigenvalue weighted by molar-refractivity contribution is -0.133. The van der Waals surface area contributed by atoms with Crippen molar-refractivity contribution in [2.75, 3.05) is 26.0 Å². The van der Waals surface area contributed by atoms with E-state index in [1.165, 1.54) is 0 Å². The fourth-order valence-electron chi connectivity index (χ4n) is 2.01. The van der Waals surface area contributed by atoms with E-state index in [9.17, 15) is 9.59 Å². The molecule has 114 valence electrons. The minimum Gasteiger partial charge on any atom is -0.493 e. The standard InChI is InChI=1S/C15H20N2O4/c1-3-20-12-6-4-5-11(16)14(12)15(19)21-9-13(18)17(2)10-7-8-10/h4-6,10H,3,7-9,16H2,1-2H3. The molecule has 0 radical (unpaired) electrons. The lowest BCUT2D eigenvalue weighted by Crippen LogP contribution is -2.33. The van der Waals surface area contributed by atoms with Crippen LogP contribution < -0.4 is 10.5 Å². The van der Waals surface area contributed by atoms with Crippen LogP contribution in [0.4, 0.5) is 5.69 Å². The van der Waals surface area contributed by atoms with Crippen molar-refractivity contribution in [2.24, 2.45) is 0 Å². The molecule has 0 bridgehead atoms. The molecule has 0 atom stereocenters. The minimum absolute atomic E-state index is 0.168. The SMILES string of the molecule is CCOc1cccc(N)c1C(=O)OCC(=O)N(C)C1CC1. The Kier molecular flexibility index (Phi) is 4.67. The second kappa shape index (κ2) is 6.47. The van der Waals surface area contributed by atoms with E-state index >= 15 is 0 Å². The summed E-state index contributed by atoms with van der Waals surface area (Å²) in [4.78, 5) is 25.6. The van der Waals surface area contributed by atoms with Gasteiger partial charge in [0.25, 0.3) is 5.91 Å². The molecule has 1 amide bonds. The number of likely N-dealkylation sites (N-methyl/N-ethyl adjacent to an activating group) is 1. The Hall–Kier alpha value is -2.24. The summed E-state index contributed by atoms with van der Waals surface area (Å²) in [6.07, 6.45) is 2.02. The van der Waals surface area contributed by atoms with Crippen LogP contribution in [0.3, 0.4) is 0 Å². The molecular weight excluding hydrogens is 272 g/mol. The second-order valence-corrected chi connectivity index (χ2v) is 4.97. The van der Waals surface area contributed by atoms with E-state index in [0.29, 0.717) is 12.4 Å².